The number of aromatic amines is 1. The summed E-state index contributed by atoms with van der Waals surface area (Å²) in [5, 5.41) is 1.29. The summed E-state index contributed by atoms with van der Waals surface area (Å²) in [6.07, 6.45) is 2.68. The van der Waals surface area contributed by atoms with Crippen molar-refractivity contribution in [2.75, 3.05) is 37.7 Å². The van der Waals surface area contributed by atoms with Gasteiger partial charge in [-0.1, -0.05) is 24.3 Å². The van der Waals surface area contributed by atoms with Crippen LogP contribution in [0.25, 0.3) is 10.9 Å². The standard InChI is InChI=1S/C24H29N5O2/c1-3-9-29-17(2)20(18-6-4-5-7-22(18)29)15-27-10-8-19-21(16-27)25-24(26-23(19)30)28-11-13-31-14-12-28/h3-7H,1,8-16H2,2H3,(H,25,26,30). The number of rotatable bonds is 5. The highest BCUT2D eigenvalue weighted by atomic mass is 16.5. The van der Waals surface area contributed by atoms with Crippen LogP contribution in [0.2, 0.25) is 0 Å². The number of allylic oxidation sites excluding steroid dienone is 1. The Morgan fingerprint density at radius 2 is 2.03 bits per heavy atom. The van der Waals surface area contributed by atoms with E-state index in [1.54, 1.807) is 0 Å². The topological polar surface area (TPSA) is 66.4 Å². The molecule has 3 aromatic rings. The predicted molar refractivity (Wildman–Crippen MR) is 123 cm³/mol. The van der Waals surface area contributed by atoms with E-state index in [0.29, 0.717) is 25.7 Å². The molecule has 0 spiro atoms. The summed E-state index contributed by atoms with van der Waals surface area (Å²) in [4.78, 5) is 25.1. The van der Waals surface area contributed by atoms with Crippen LogP contribution in [0.4, 0.5) is 5.95 Å². The van der Waals surface area contributed by atoms with Crippen molar-refractivity contribution in [3.8, 4) is 0 Å². The zero-order valence-electron chi connectivity index (χ0n) is 18.1. The van der Waals surface area contributed by atoms with E-state index >= 15 is 0 Å². The second kappa shape index (κ2) is 8.32. The number of ether oxygens (including phenoxy) is 1. The van der Waals surface area contributed by atoms with Gasteiger partial charge in [-0.05, 0) is 25.0 Å². The van der Waals surface area contributed by atoms with Crippen molar-refractivity contribution in [3.63, 3.8) is 0 Å². The number of para-hydroxylation sites is 1. The van der Waals surface area contributed by atoms with E-state index in [-0.39, 0.29) is 5.56 Å². The highest BCUT2D eigenvalue weighted by molar-refractivity contribution is 5.85. The lowest BCUT2D eigenvalue weighted by molar-refractivity contribution is 0.122. The van der Waals surface area contributed by atoms with Gasteiger partial charge in [-0.15, -0.1) is 6.58 Å². The number of morpholine rings is 1. The van der Waals surface area contributed by atoms with Gasteiger partial charge in [-0.25, -0.2) is 4.98 Å². The number of nitrogens with one attached hydrogen (secondary N) is 1. The zero-order valence-corrected chi connectivity index (χ0v) is 18.1. The first-order chi connectivity index (χ1) is 15.2. The molecule has 0 bridgehead atoms. The Kier molecular flexibility index (Phi) is 5.38. The molecule has 0 unspecified atom stereocenters. The SMILES string of the molecule is C=CCn1c(C)c(CN2CCc3c(nc(N4CCOCC4)[nH]c3=O)C2)c2ccccc21. The molecule has 0 amide bonds. The van der Waals surface area contributed by atoms with Crippen LogP contribution in [0.1, 0.15) is 22.5 Å². The largest absolute Gasteiger partial charge is 0.378 e. The Hall–Kier alpha value is -2.90. The van der Waals surface area contributed by atoms with Crippen LogP contribution in [0, 0.1) is 6.92 Å². The second-order valence-corrected chi connectivity index (χ2v) is 8.36. The zero-order chi connectivity index (χ0) is 21.4. The lowest BCUT2D eigenvalue weighted by Crippen LogP contribution is -2.40. The summed E-state index contributed by atoms with van der Waals surface area (Å²) in [6.45, 7) is 12.2. The van der Waals surface area contributed by atoms with E-state index in [4.69, 9.17) is 9.72 Å². The minimum atomic E-state index is 0.00454. The molecule has 0 aliphatic carbocycles. The Balaban J connectivity index is 1.44. The number of fused-ring (bicyclic) bond motifs is 2. The Bertz CT molecular complexity index is 1170. The fraction of sp³-hybridized carbons (Fsp3) is 0.417. The second-order valence-electron chi connectivity index (χ2n) is 8.36. The van der Waals surface area contributed by atoms with E-state index in [1.807, 2.05) is 6.08 Å². The third-order valence-corrected chi connectivity index (χ3v) is 6.51. The van der Waals surface area contributed by atoms with Gasteiger partial charge in [0.15, 0.2) is 0 Å². The molecule has 0 radical (unpaired) electrons. The van der Waals surface area contributed by atoms with Crippen molar-refractivity contribution in [2.45, 2.75) is 33.0 Å². The van der Waals surface area contributed by atoms with Crippen molar-refractivity contribution >= 4 is 16.9 Å². The van der Waals surface area contributed by atoms with E-state index < -0.39 is 0 Å². The number of hydrogen-bond acceptors (Lipinski definition) is 5. The van der Waals surface area contributed by atoms with Crippen LogP contribution in [-0.2, 0) is 30.8 Å². The smallest absolute Gasteiger partial charge is 0.255 e. The van der Waals surface area contributed by atoms with Crippen LogP contribution in [0.15, 0.2) is 41.7 Å². The minimum absolute atomic E-state index is 0.00454. The number of aromatic nitrogens is 3. The average Bonchev–Trinajstić information content (AvgIpc) is 3.06. The maximum atomic E-state index is 12.7. The van der Waals surface area contributed by atoms with Gasteiger partial charge in [-0.2, -0.15) is 0 Å². The lowest BCUT2D eigenvalue weighted by atomic mass is 10.0. The minimum Gasteiger partial charge on any atom is -0.378 e. The van der Waals surface area contributed by atoms with Crippen LogP contribution in [0.3, 0.4) is 0 Å². The average molecular weight is 420 g/mol. The van der Waals surface area contributed by atoms with Crippen molar-refractivity contribution in [3.05, 3.63) is 69.8 Å². The van der Waals surface area contributed by atoms with Crippen LogP contribution >= 0.6 is 0 Å². The van der Waals surface area contributed by atoms with E-state index in [1.165, 1.54) is 22.2 Å². The van der Waals surface area contributed by atoms with Gasteiger partial charge in [0.05, 0.1) is 18.9 Å². The van der Waals surface area contributed by atoms with Gasteiger partial charge in [0.1, 0.15) is 0 Å². The third kappa shape index (κ3) is 3.68. The summed E-state index contributed by atoms with van der Waals surface area (Å²) in [5.41, 5.74) is 5.61. The number of benzene rings is 1. The summed E-state index contributed by atoms with van der Waals surface area (Å²) in [6, 6.07) is 8.57. The molecule has 31 heavy (non-hydrogen) atoms. The predicted octanol–water partition coefficient (Wildman–Crippen LogP) is 2.61. The lowest BCUT2D eigenvalue weighted by Gasteiger charge is -2.31. The number of H-pyrrole nitrogens is 1. The quantitative estimate of drug-likeness (QED) is 0.644. The molecule has 1 fully saturated rings. The third-order valence-electron chi connectivity index (χ3n) is 6.51. The molecule has 162 valence electrons. The maximum absolute atomic E-state index is 12.7. The first kappa shape index (κ1) is 20.0. The number of nitrogens with zero attached hydrogens (tertiary/aromatic N) is 4. The van der Waals surface area contributed by atoms with Crippen LogP contribution < -0.4 is 10.5 Å². The van der Waals surface area contributed by atoms with E-state index in [0.717, 1.165) is 50.4 Å². The normalized spacial score (nSPS) is 17.1. The number of anilines is 1. The summed E-state index contributed by atoms with van der Waals surface area (Å²) in [7, 11) is 0. The Morgan fingerprint density at radius 3 is 2.84 bits per heavy atom. The first-order valence-electron chi connectivity index (χ1n) is 11.0. The molecule has 5 rings (SSSR count). The van der Waals surface area contributed by atoms with E-state index in [2.05, 4.69) is 57.1 Å². The summed E-state index contributed by atoms with van der Waals surface area (Å²) < 4.78 is 7.76. The molecule has 0 atom stereocenters. The summed E-state index contributed by atoms with van der Waals surface area (Å²) in [5.74, 6) is 0.674. The highest BCUT2D eigenvalue weighted by Crippen LogP contribution is 2.28. The molecule has 2 aliphatic heterocycles. The van der Waals surface area contributed by atoms with Gasteiger partial charge in [0.2, 0.25) is 5.95 Å². The van der Waals surface area contributed by atoms with Gasteiger partial charge < -0.3 is 14.2 Å². The molecule has 2 aromatic heterocycles. The molecular weight excluding hydrogens is 390 g/mol. The molecule has 7 nitrogen and oxygen atoms in total. The van der Waals surface area contributed by atoms with Crippen molar-refractivity contribution in [1.82, 2.24) is 19.4 Å². The molecule has 1 saturated heterocycles. The van der Waals surface area contributed by atoms with Crippen LogP contribution in [0.5, 0.6) is 0 Å². The van der Waals surface area contributed by atoms with Gasteiger partial charge >= 0.3 is 0 Å². The molecular formula is C24H29N5O2. The van der Waals surface area contributed by atoms with Crippen molar-refractivity contribution in [2.24, 2.45) is 0 Å². The monoisotopic (exact) mass is 419 g/mol. The fourth-order valence-corrected chi connectivity index (χ4v) is 4.83. The highest BCUT2D eigenvalue weighted by Gasteiger charge is 2.25. The molecule has 0 saturated carbocycles. The molecule has 1 N–H and O–H groups in total. The van der Waals surface area contributed by atoms with Gasteiger partial charge in [0, 0.05) is 61.4 Å². The maximum Gasteiger partial charge on any atom is 0.255 e. The van der Waals surface area contributed by atoms with Crippen LogP contribution in [-0.4, -0.2) is 52.3 Å². The Labute approximate surface area is 182 Å². The fourth-order valence-electron chi connectivity index (χ4n) is 4.83. The molecule has 4 heterocycles. The summed E-state index contributed by atoms with van der Waals surface area (Å²) >= 11 is 0. The first-order valence-corrected chi connectivity index (χ1v) is 11.0. The Morgan fingerprint density at radius 1 is 1.23 bits per heavy atom. The number of hydrogen-bond donors (Lipinski definition) is 1. The van der Waals surface area contributed by atoms with Crippen molar-refractivity contribution in [1.29, 1.82) is 0 Å². The molecule has 7 heteroatoms. The molecule has 2 aliphatic rings. The van der Waals surface area contributed by atoms with Crippen molar-refractivity contribution < 1.29 is 4.74 Å². The van der Waals surface area contributed by atoms with Gasteiger partial charge in [0.25, 0.3) is 5.56 Å². The molecule has 1 aromatic carbocycles. The van der Waals surface area contributed by atoms with Gasteiger partial charge in [-0.3, -0.25) is 14.7 Å². The van der Waals surface area contributed by atoms with E-state index in [9.17, 15) is 4.79 Å².